The Labute approximate surface area is 126 Å². The van der Waals surface area contributed by atoms with E-state index in [2.05, 4.69) is 0 Å². The van der Waals surface area contributed by atoms with E-state index in [0.29, 0.717) is 45.9 Å². The molecule has 124 valence electrons. The van der Waals surface area contributed by atoms with E-state index in [1.807, 2.05) is 4.90 Å². The molecule has 21 heavy (non-hydrogen) atoms. The first-order valence-electron chi connectivity index (χ1n) is 6.93. The molecular formula is C12H25N3O5S. The van der Waals surface area contributed by atoms with Gasteiger partial charge in [0.15, 0.2) is 0 Å². The molecule has 8 nitrogen and oxygen atoms in total. The van der Waals surface area contributed by atoms with Crippen molar-refractivity contribution in [3.63, 3.8) is 0 Å². The number of carbonyl (C=O) groups is 1. The zero-order chi connectivity index (χ0) is 15.9. The van der Waals surface area contributed by atoms with Gasteiger partial charge in [-0.1, -0.05) is 0 Å². The highest BCUT2D eigenvalue weighted by Gasteiger charge is 2.26. The second-order valence-electron chi connectivity index (χ2n) is 5.04. The Hall–Kier alpha value is -0.740. The van der Waals surface area contributed by atoms with Crippen LogP contribution in [0.5, 0.6) is 0 Å². The summed E-state index contributed by atoms with van der Waals surface area (Å²) in [5.41, 5.74) is 0. The van der Waals surface area contributed by atoms with E-state index in [-0.39, 0.29) is 19.1 Å². The fourth-order valence-corrected chi connectivity index (χ4v) is 3.02. The predicted molar refractivity (Wildman–Crippen MR) is 78.4 cm³/mol. The Morgan fingerprint density at radius 3 is 2.33 bits per heavy atom. The number of carbonyl (C=O) groups excluding carboxylic acids is 1. The van der Waals surface area contributed by atoms with Crippen molar-refractivity contribution in [2.45, 2.75) is 0 Å². The number of hydrogen-bond donors (Lipinski definition) is 1. The molecule has 0 saturated carbocycles. The summed E-state index contributed by atoms with van der Waals surface area (Å²) in [4.78, 5) is 15.7. The maximum atomic E-state index is 12.2. The van der Waals surface area contributed by atoms with Crippen LogP contribution in [0, 0.1) is 0 Å². The first kappa shape index (κ1) is 18.3. The molecule has 0 atom stereocenters. The zero-order valence-corrected chi connectivity index (χ0v) is 13.5. The van der Waals surface area contributed by atoms with Gasteiger partial charge in [-0.05, 0) is 0 Å². The van der Waals surface area contributed by atoms with E-state index in [4.69, 9.17) is 9.84 Å². The van der Waals surface area contributed by atoms with E-state index in [0.717, 1.165) is 0 Å². The third kappa shape index (κ3) is 6.27. The van der Waals surface area contributed by atoms with Gasteiger partial charge < -0.3 is 14.7 Å². The molecule has 0 unspecified atom stereocenters. The second kappa shape index (κ2) is 8.64. The summed E-state index contributed by atoms with van der Waals surface area (Å²) in [7, 11) is -1.60. The molecule has 1 aliphatic heterocycles. The lowest BCUT2D eigenvalue weighted by Crippen LogP contribution is -2.52. The van der Waals surface area contributed by atoms with Gasteiger partial charge >= 0.3 is 0 Å². The quantitative estimate of drug-likeness (QED) is 0.557. The van der Waals surface area contributed by atoms with Crippen LogP contribution in [-0.4, -0.2) is 106 Å². The highest BCUT2D eigenvalue weighted by Crippen LogP contribution is 2.06. The smallest absolute Gasteiger partial charge is 0.236 e. The minimum Gasteiger partial charge on any atom is -0.395 e. The molecule has 1 fully saturated rings. The minimum atomic E-state index is -3.18. The Morgan fingerprint density at radius 2 is 1.86 bits per heavy atom. The summed E-state index contributed by atoms with van der Waals surface area (Å²) in [6.07, 6.45) is 1.18. The van der Waals surface area contributed by atoms with Gasteiger partial charge in [-0.2, -0.15) is 4.31 Å². The van der Waals surface area contributed by atoms with Gasteiger partial charge in [0, 0.05) is 46.4 Å². The highest BCUT2D eigenvalue weighted by molar-refractivity contribution is 7.88. The SMILES string of the molecule is COCCN(CCO)CC(=O)N1CCN(S(C)(=O)=O)CC1. The number of aliphatic hydroxyl groups excluding tert-OH is 1. The average molecular weight is 323 g/mol. The van der Waals surface area contributed by atoms with Crippen LogP contribution >= 0.6 is 0 Å². The molecule has 0 spiro atoms. The van der Waals surface area contributed by atoms with Crippen LogP contribution in [0.3, 0.4) is 0 Å². The Balaban J connectivity index is 2.45. The van der Waals surface area contributed by atoms with Crippen molar-refractivity contribution >= 4 is 15.9 Å². The lowest BCUT2D eigenvalue weighted by Gasteiger charge is -2.34. The van der Waals surface area contributed by atoms with Gasteiger partial charge in [0.2, 0.25) is 15.9 Å². The molecule has 0 aromatic rings. The van der Waals surface area contributed by atoms with Crippen LogP contribution < -0.4 is 0 Å². The van der Waals surface area contributed by atoms with E-state index in [1.54, 1.807) is 12.0 Å². The second-order valence-corrected chi connectivity index (χ2v) is 7.02. The average Bonchev–Trinajstić information content (AvgIpc) is 2.44. The van der Waals surface area contributed by atoms with E-state index >= 15 is 0 Å². The fourth-order valence-electron chi connectivity index (χ4n) is 2.19. The molecule has 1 amide bonds. The first-order valence-corrected chi connectivity index (χ1v) is 8.78. The molecule has 1 N–H and O–H groups in total. The first-order chi connectivity index (χ1) is 9.88. The fraction of sp³-hybridized carbons (Fsp3) is 0.917. The van der Waals surface area contributed by atoms with Crippen molar-refractivity contribution in [3.05, 3.63) is 0 Å². The standard InChI is InChI=1S/C12H25N3O5S/c1-20-10-8-13(7-9-16)11-12(17)14-3-5-15(6-4-14)21(2,18)19/h16H,3-11H2,1-2H3. The number of sulfonamides is 1. The van der Waals surface area contributed by atoms with Crippen LogP contribution in [0.25, 0.3) is 0 Å². The van der Waals surface area contributed by atoms with Gasteiger partial charge in [0.25, 0.3) is 0 Å². The molecule has 0 bridgehead atoms. The van der Waals surface area contributed by atoms with Crippen LogP contribution in [0.15, 0.2) is 0 Å². The molecule has 1 saturated heterocycles. The highest BCUT2D eigenvalue weighted by atomic mass is 32.2. The number of methoxy groups -OCH3 is 1. The Bertz CT molecular complexity index is 421. The number of rotatable bonds is 8. The molecule has 1 aliphatic rings. The van der Waals surface area contributed by atoms with E-state index in [9.17, 15) is 13.2 Å². The van der Waals surface area contributed by atoms with Gasteiger partial charge in [0.1, 0.15) is 0 Å². The van der Waals surface area contributed by atoms with Crippen LogP contribution in [0.1, 0.15) is 0 Å². The molecule has 0 aromatic heterocycles. The number of amides is 1. The van der Waals surface area contributed by atoms with Gasteiger partial charge in [-0.25, -0.2) is 8.42 Å². The van der Waals surface area contributed by atoms with Crippen molar-refractivity contribution in [3.8, 4) is 0 Å². The largest absolute Gasteiger partial charge is 0.395 e. The molecule has 0 aromatic carbocycles. The molecule has 9 heteroatoms. The zero-order valence-electron chi connectivity index (χ0n) is 12.7. The van der Waals surface area contributed by atoms with Crippen molar-refractivity contribution < 1.29 is 23.1 Å². The summed E-state index contributed by atoms with van der Waals surface area (Å²) >= 11 is 0. The number of hydrogen-bond acceptors (Lipinski definition) is 6. The molecule has 0 aliphatic carbocycles. The minimum absolute atomic E-state index is 0.0150. The van der Waals surface area contributed by atoms with Crippen LogP contribution in [0.2, 0.25) is 0 Å². The number of piperazine rings is 1. The van der Waals surface area contributed by atoms with Crippen LogP contribution in [-0.2, 0) is 19.6 Å². The van der Waals surface area contributed by atoms with Gasteiger partial charge in [-0.3, -0.25) is 9.69 Å². The van der Waals surface area contributed by atoms with Crippen LogP contribution in [0.4, 0.5) is 0 Å². The topological polar surface area (TPSA) is 90.4 Å². The lowest BCUT2D eigenvalue weighted by molar-refractivity contribution is -0.133. The van der Waals surface area contributed by atoms with E-state index < -0.39 is 10.0 Å². The molecule has 1 heterocycles. The third-order valence-corrected chi connectivity index (χ3v) is 4.75. The van der Waals surface area contributed by atoms with Gasteiger partial charge in [-0.15, -0.1) is 0 Å². The Kier molecular flexibility index (Phi) is 7.53. The normalized spacial score (nSPS) is 17.4. The molecule has 1 rings (SSSR count). The number of ether oxygens (including phenoxy) is 1. The summed E-state index contributed by atoms with van der Waals surface area (Å²) in [6.45, 7) is 3.17. The van der Waals surface area contributed by atoms with Crippen molar-refractivity contribution in [1.82, 2.24) is 14.1 Å². The van der Waals surface area contributed by atoms with E-state index in [1.165, 1.54) is 10.6 Å². The molecular weight excluding hydrogens is 298 g/mol. The predicted octanol–water partition coefficient (Wildman–Crippen LogP) is -1.97. The molecule has 0 radical (unpaired) electrons. The van der Waals surface area contributed by atoms with Crippen molar-refractivity contribution in [2.24, 2.45) is 0 Å². The summed E-state index contributed by atoms with van der Waals surface area (Å²) in [5, 5.41) is 9.00. The van der Waals surface area contributed by atoms with Gasteiger partial charge in [0.05, 0.1) is 26.0 Å². The summed E-state index contributed by atoms with van der Waals surface area (Å²) in [6, 6.07) is 0. The third-order valence-electron chi connectivity index (χ3n) is 3.45. The number of nitrogens with zero attached hydrogens (tertiary/aromatic N) is 3. The maximum Gasteiger partial charge on any atom is 0.236 e. The van der Waals surface area contributed by atoms with Crippen molar-refractivity contribution in [2.75, 3.05) is 72.4 Å². The summed E-state index contributed by atoms with van der Waals surface area (Å²) < 4.78 is 29.2. The summed E-state index contributed by atoms with van der Waals surface area (Å²) in [5.74, 6) is -0.0484. The monoisotopic (exact) mass is 323 g/mol. The lowest BCUT2D eigenvalue weighted by atomic mass is 10.3. The Morgan fingerprint density at radius 1 is 1.24 bits per heavy atom. The number of aliphatic hydroxyl groups is 1. The maximum absolute atomic E-state index is 12.2. The van der Waals surface area contributed by atoms with Crippen molar-refractivity contribution in [1.29, 1.82) is 0 Å².